The molecule has 0 saturated carbocycles. The predicted molar refractivity (Wildman–Crippen MR) is 172 cm³/mol. The third-order valence-corrected chi connectivity index (χ3v) is 8.36. The summed E-state index contributed by atoms with van der Waals surface area (Å²) in [6, 6.07) is 6.66. The third-order valence-electron chi connectivity index (χ3n) is 8.36. The lowest BCUT2D eigenvalue weighted by molar-refractivity contribution is -0.299. The van der Waals surface area contributed by atoms with E-state index < -0.39 is 11.2 Å². The highest BCUT2D eigenvalue weighted by Gasteiger charge is 2.48. The number of aliphatic hydroxyl groups is 2. The average Bonchev–Trinajstić information content (AvgIpc) is 2.79. The Labute approximate surface area is 264 Å². The highest BCUT2D eigenvalue weighted by molar-refractivity contribution is 5.98. The Morgan fingerprint density at radius 3 is 1.14 bits per heavy atom. The fraction of sp³-hybridized carbons (Fsp3) is 0.765. The van der Waals surface area contributed by atoms with Gasteiger partial charge in [0.25, 0.3) is 11.8 Å². The highest BCUT2D eigenvalue weighted by atomic mass is 16.7. The first kappa shape index (κ1) is 36.4. The minimum Gasteiger partial charge on any atom is -0.388 e. The molecule has 10 heteroatoms. The van der Waals surface area contributed by atoms with E-state index in [0.717, 1.165) is 0 Å². The van der Waals surface area contributed by atoms with E-state index in [4.69, 9.17) is 9.68 Å². The zero-order chi connectivity index (χ0) is 33.5. The first-order valence-corrected chi connectivity index (χ1v) is 15.8. The van der Waals surface area contributed by atoms with Crippen molar-refractivity contribution in [3.05, 3.63) is 35.4 Å². The minimum absolute atomic E-state index is 0.0672. The minimum atomic E-state index is -0.946. The fourth-order valence-corrected chi connectivity index (χ4v) is 7.19. The van der Waals surface area contributed by atoms with Crippen LogP contribution < -0.4 is 10.6 Å². The van der Waals surface area contributed by atoms with Gasteiger partial charge in [-0.25, -0.2) is 0 Å². The smallest absolute Gasteiger partial charge is 0.251 e. The molecule has 2 amide bonds. The van der Waals surface area contributed by atoms with Gasteiger partial charge in [-0.1, -0.05) is 0 Å². The summed E-state index contributed by atoms with van der Waals surface area (Å²) in [5.41, 5.74) is -2.37. The molecule has 4 N–H and O–H groups in total. The molecule has 2 aliphatic rings. The zero-order valence-electron chi connectivity index (χ0n) is 29.1. The molecule has 0 aliphatic carbocycles. The molecule has 0 aromatic heterocycles. The second-order valence-corrected chi connectivity index (χ2v) is 16.7. The van der Waals surface area contributed by atoms with Gasteiger partial charge in [-0.05, 0) is 133 Å². The van der Waals surface area contributed by atoms with Gasteiger partial charge >= 0.3 is 0 Å². The number of hydroxylamine groups is 4. The second-order valence-electron chi connectivity index (χ2n) is 16.7. The lowest BCUT2D eigenvalue weighted by Crippen LogP contribution is -2.64. The molecule has 0 bridgehead atoms. The molecule has 3 rings (SSSR count). The molecule has 2 aliphatic heterocycles. The van der Waals surface area contributed by atoms with E-state index >= 15 is 0 Å². The number of nitrogens with one attached hydrogen (secondary N) is 2. The van der Waals surface area contributed by atoms with Crippen LogP contribution in [0.25, 0.3) is 0 Å². The summed E-state index contributed by atoms with van der Waals surface area (Å²) in [7, 11) is 0. The van der Waals surface area contributed by atoms with Crippen LogP contribution in [0, 0.1) is 0 Å². The molecule has 10 nitrogen and oxygen atoms in total. The summed E-state index contributed by atoms with van der Waals surface area (Å²) in [5.74, 6) is -0.359. The molecule has 250 valence electrons. The largest absolute Gasteiger partial charge is 0.388 e. The summed E-state index contributed by atoms with van der Waals surface area (Å²) >= 11 is 0. The van der Waals surface area contributed by atoms with Gasteiger partial charge in [0.15, 0.2) is 0 Å². The van der Waals surface area contributed by atoms with Gasteiger partial charge in [-0.2, -0.15) is 10.1 Å². The van der Waals surface area contributed by atoms with Crippen molar-refractivity contribution in [2.75, 3.05) is 13.2 Å². The van der Waals surface area contributed by atoms with Crippen molar-refractivity contribution in [2.24, 2.45) is 0 Å². The Balaban J connectivity index is 1.61. The number of hydrogen-bond acceptors (Lipinski definition) is 8. The van der Waals surface area contributed by atoms with E-state index in [0.29, 0.717) is 36.8 Å². The average molecular weight is 619 g/mol. The van der Waals surface area contributed by atoms with Gasteiger partial charge in [0.2, 0.25) is 0 Å². The van der Waals surface area contributed by atoms with E-state index in [1.807, 2.05) is 10.1 Å². The number of piperidine rings is 2. The highest BCUT2D eigenvalue weighted by Crippen LogP contribution is 2.40. The molecule has 0 unspecified atom stereocenters. The second kappa shape index (κ2) is 12.6. The molecule has 0 radical (unpaired) electrons. The number of benzene rings is 1. The van der Waals surface area contributed by atoms with Crippen molar-refractivity contribution in [2.45, 2.75) is 154 Å². The van der Waals surface area contributed by atoms with Crippen LogP contribution in [0.2, 0.25) is 0 Å². The molecule has 1 aromatic rings. The molecule has 44 heavy (non-hydrogen) atoms. The van der Waals surface area contributed by atoms with Crippen molar-refractivity contribution >= 4 is 11.8 Å². The van der Waals surface area contributed by atoms with Gasteiger partial charge in [-0.3, -0.25) is 19.3 Å². The lowest BCUT2D eigenvalue weighted by atomic mass is 9.78. The summed E-state index contributed by atoms with van der Waals surface area (Å²) in [6.45, 7) is 23.9. The lowest BCUT2D eigenvalue weighted by Gasteiger charge is -2.54. The summed E-state index contributed by atoms with van der Waals surface area (Å²) in [6.07, 6.45) is 2.73. The number of rotatable bonds is 10. The maximum absolute atomic E-state index is 13.2. The molecule has 2 fully saturated rings. The van der Waals surface area contributed by atoms with Crippen LogP contribution in [-0.2, 0) is 9.68 Å². The van der Waals surface area contributed by atoms with E-state index in [-0.39, 0.29) is 59.3 Å². The topological polar surface area (TPSA) is 124 Å². The van der Waals surface area contributed by atoms with E-state index in [1.54, 1.807) is 52.0 Å². The first-order chi connectivity index (χ1) is 19.8. The Bertz CT molecular complexity index is 1040. The SMILES string of the molecule is CC(C)(O)CON1C(C)(C)CC(NC(=O)c2ccc(C(=O)NC3CC(C)(C)N(OCC(C)(C)O)C(C)(C)C3)cc2)CC1(C)C. The van der Waals surface area contributed by atoms with E-state index in [1.165, 1.54) is 0 Å². The molecule has 1 aromatic carbocycles. The van der Waals surface area contributed by atoms with Gasteiger partial charge in [0.1, 0.15) is 0 Å². The molecule has 0 spiro atoms. The summed E-state index contributed by atoms with van der Waals surface area (Å²) in [5, 5.41) is 30.6. The van der Waals surface area contributed by atoms with Gasteiger partial charge < -0.3 is 20.8 Å². The van der Waals surface area contributed by atoms with Crippen molar-refractivity contribution in [3.8, 4) is 0 Å². The molecule has 2 saturated heterocycles. The van der Waals surface area contributed by atoms with Crippen molar-refractivity contribution in [3.63, 3.8) is 0 Å². The maximum Gasteiger partial charge on any atom is 0.251 e. The maximum atomic E-state index is 13.2. The van der Waals surface area contributed by atoms with Crippen LogP contribution in [0.1, 0.15) is 129 Å². The zero-order valence-corrected chi connectivity index (χ0v) is 29.1. The fourth-order valence-electron chi connectivity index (χ4n) is 7.19. The Morgan fingerprint density at radius 1 is 0.659 bits per heavy atom. The van der Waals surface area contributed by atoms with E-state index in [9.17, 15) is 19.8 Å². The molecular formula is C34H58N4O6. The number of hydrogen-bond donors (Lipinski definition) is 4. The predicted octanol–water partition coefficient (Wildman–Crippen LogP) is 4.59. The normalized spacial score (nSPS) is 22.9. The van der Waals surface area contributed by atoms with E-state index in [2.05, 4.69) is 66.0 Å². The number of amides is 2. The first-order valence-electron chi connectivity index (χ1n) is 15.8. The standard InChI is InChI=1S/C34H58N4O6/c1-29(2)17-25(18-30(3,4)37(29)43-21-33(9,10)41)35-27(39)23-13-15-24(16-14-23)28(40)36-26-19-31(5,6)38(32(7,8)20-26)44-22-34(11,12)42/h13-16,25-26,41-42H,17-22H2,1-12H3,(H,35,39)(H,36,40). The van der Waals surface area contributed by atoms with Crippen molar-refractivity contribution in [1.82, 2.24) is 20.8 Å². The van der Waals surface area contributed by atoms with Gasteiger partial charge in [-0.15, -0.1) is 0 Å². The van der Waals surface area contributed by atoms with Gasteiger partial charge in [0.05, 0.1) is 24.4 Å². The van der Waals surface area contributed by atoms with Crippen LogP contribution in [-0.4, -0.2) is 90.8 Å². The van der Waals surface area contributed by atoms with Crippen molar-refractivity contribution < 1.29 is 29.5 Å². The summed E-state index contributed by atoms with van der Waals surface area (Å²) in [4.78, 5) is 38.6. The number of carbonyl (C=O) groups is 2. The molecular weight excluding hydrogens is 560 g/mol. The number of carbonyl (C=O) groups excluding carboxylic acids is 2. The van der Waals surface area contributed by atoms with Crippen LogP contribution in [0.15, 0.2) is 24.3 Å². The quantitative estimate of drug-likeness (QED) is 0.300. The van der Waals surface area contributed by atoms with Gasteiger partial charge in [0, 0.05) is 45.4 Å². The Hall–Kier alpha value is -2.08. The third kappa shape index (κ3) is 9.47. The number of nitrogens with zero attached hydrogens (tertiary/aromatic N) is 2. The van der Waals surface area contributed by atoms with Crippen LogP contribution in [0.4, 0.5) is 0 Å². The molecule has 0 atom stereocenters. The molecule has 2 heterocycles. The summed E-state index contributed by atoms with van der Waals surface area (Å²) < 4.78 is 0. The van der Waals surface area contributed by atoms with Crippen LogP contribution >= 0.6 is 0 Å². The van der Waals surface area contributed by atoms with Crippen LogP contribution in [0.3, 0.4) is 0 Å². The Morgan fingerprint density at radius 2 is 0.909 bits per heavy atom. The monoisotopic (exact) mass is 618 g/mol. The van der Waals surface area contributed by atoms with Crippen LogP contribution in [0.5, 0.6) is 0 Å². The van der Waals surface area contributed by atoms with Crippen molar-refractivity contribution in [1.29, 1.82) is 0 Å². The Kier molecular flexibility index (Phi) is 10.4.